The molecule has 2 aliphatic rings. The van der Waals surface area contributed by atoms with E-state index in [9.17, 15) is 9.59 Å². The van der Waals surface area contributed by atoms with E-state index in [1.807, 2.05) is 13.8 Å². The smallest absolute Gasteiger partial charge is 0.338 e. The van der Waals surface area contributed by atoms with Gasteiger partial charge in [-0.1, -0.05) is 0 Å². The summed E-state index contributed by atoms with van der Waals surface area (Å²) in [6, 6.07) is 6.19. The van der Waals surface area contributed by atoms with Crippen molar-refractivity contribution >= 4 is 11.9 Å². The van der Waals surface area contributed by atoms with E-state index in [4.69, 9.17) is 18.9 Å². The van der Waals surface area contributed by atoms with Crippen molar-refractivity contribution in [2.75, 3.05) is 13.2 Å². The van der Waals surface area contributed by atoms with Crippen molar-refractivity contribution in [3.05, 3.63) is 35.4 Å². The number of benzene rings is 1. The first-order chi connectivity index (χ1) is 10.5. The van der Waals surface area contributed by atoms with Gasteiger partial charge in [-0.05, 0) is 38.1 Å². The summed E-state index contributed by atoms with van der Waals surface area (Å²) in [5, 5.41) is 0. The fraction of sp³-hybridized carbons (Fsp3) is 0.500. The van der Waals surface area contributed by atoms with Gasteiger partial charge in [0.05, 0.1) is 23.3 Å². The van der Waals surface area contributed by atoms with E-state index in [1.165, 1.54) is 0 Å². The molecule has 2 heterocycles. The molecule has 3 rings (SSSR count). The second-order valence-electron chi connectivity index (χ2n) is 5.53. The van der Waals surface area contributed by atoms with Crippen LogP contribution >= 0.6 is 0 Å². The summed E-state index contributed by atoms with van der Waals surface area (Å²) in [5.41, 5.74) is 0.785. The minimum atomic E-state index is -0.428. The molecule has 1 aromatic carbocycles. The quantitative estimate of drug-likeness (QED) is 0.586. The first-order valence-electron chi connectivity index (χ1n) is 7.30. The maximum atomic E-state index is 11.8. The molecular weight excluding hydrogens is 288 g/mol. The largest absolute Gasteiger partial charge is 0.459 e. The molecule has 6 heteroatoms. The number of hydrogen-bond donors (Lipinski definition) is 0. The second-order valence-corrected chi connectivity index (χ2v) is 5.53. The van der Waals surface area contributed by atoms with Crippen LogP contribution in [-0.2, 0) is 18.9 Å². The molecule has 0 spiro atoms. The SMILES string of the molecule is CC1OC1COC(=O)c1ccc(C(=O)OCC2OC2C)cc1. The first-order valence-corrected chi connectivity index (χ1v) is 7.30. The van der Waals surface area contributed by atoms with E-state index >= 15 is 0 Å². The highest BCUT2D eigenvalue weighted by Gasteiger charge is 2.36. The maximum absolute atomic E-state index is 11.8. The van der Waals surface area contributed by atoms with Crippen LogP contribution in [0.15, 0.2) is 24.3 Å². The topological polar surface area (TPSA) is 77.7 Å². The van der Waals surface area contributed by atoms with Crippen LogP contribution in [0.5, 0.6) is 0 Å². The molecule has 2 saturated heterocycles. The van der Waals surface area contributed by atoms with Crippen LogP contribution in [-0.4, -0.2) is 49.6 Å². The van der Waals surface area contributed by atoms with Crippen LogP contribution in [0.3, 0.4) is 0 Å². The Balaban J connectivity index is 1.48. The lowest BCUT2D eigenvalue weighted by molar-refractivity contribution is 0.0463. The zero-order chi connectivity index (χ0) is 15.7. The number of esters is 2. The fourth-order valence-corrected chi connectivity index (χ4v) is 2.03. The minimum Gasteiger partial charge on any atom is -0.459 e. The highest BCUT2D eigenvalue weighted by Crippen LogP contribution is 2.22. The molecule has 2 aliphatic heterocycles. The summed E-state index contributed by atoms with van der Waals surface area (Å²) in [4.78, 5) is 23.6. The summed E-state index contributed by atoms with van der Waals surface area (Å²) >= 11 is 0. The van der Waals surface area contributed by atoms with Crippen LogP contribution < -0.4 is 0 Å². The Bertz CT molecular complexity index is 516. The highest BCUT2D eigenvalue weighted by molar-refractivity contribution is 5.93. The Morgan fingerprint density at radius 2 is 1.18 bits per heavy atom. The Morgan fingerprint density at radius 1 is 0.864 bits per heavy atom. The monoisotopic (exact) mass is 306 g/mol. The van der Waals surface area contributed by atoms with Crippen LogP contribution in [0.1, 0.15) is 34.6 Å². The van der Waals surface area contributed by atoms with Gasteiger partial charge in [0.25, 0.3) is 0 Å². The average Bonchev–Trinajstić information content (AvgIpc) is 3.42. The Morgan fingerprint density at radius 3 is 1.45 bits per heavy atom. The number of carbonyl (C=O) groups excluding carboxylic acids is 2. The van der Waals surface area contributed by atoms with Gasteiger partial charge in [-0.2, -0.15) is 0 Å². The normalized spacial score (nSPS) is 28.8. The Kier molecular flexibility index (Phi) is 4.13. The van der Waals surface area contributed by atoms with E-state index in [1.54, 1.807) is 24.3 Å². The molecule has 0 saturated carbocycles. The first kappa shape index (κ1) is 15.0. The molecule has 118 valence electrons. The van der Waals surface area contributed by atoms with E-state index in [2.05, 4.69) is 0 Å². The molecule has 4 atom stereocenters. The fourth-order valence-electron chi connectivity index (χ4n) is 2.03. The molecule has 4 unspecified atom stereocenters. The van der Waals surface area contributed by atoms with E-state index in [0.717, 1.165) is 0 Å². The summed E-state index contributed by atoms with van der Waals surface area (Å²) in [6.45, 7) is 4.35. The predicted octanol–water partition coefficient (Wildman–Crippen LogP) is 1.57. The van der Waals surface area contributed by atoms with Gasteiger partial charge in [0.2, 0.25) is 0 Å². The standard InChI is InChI=1S/C16H18O6/c1-9-13(21-9)7-19-15(17)11-3-5-12(6-4-11)16(18)20-8-14-10(2)22-14/h3-6,9-10,13-14H,7-8H2,1-2H3. The molecule has 22 heavy (non-hydrogen) atoms. The zero-order valence-electron chi connectivity index (χ0n) is 12.5. The molecule has 0 amide bonds. The lowest BCUT2D eigenvalue weighted by atomic mass is 10.1. The lowest BCUT2D eigenvalue weighted by Gasteiger charge is -2.05. The zero-order valence-corrected chi connectivity index (χ0v) is 12.5. The molecule has 0 aliphatic carbocycles. The average molecular weight is 306 g/mol. The Labute approximate surface area is 128 Å². The van der Waals surface area contributed by atoms with Crippen molar-refractivity contribution in [3.63, 3.8) is 0 Å². The van der Waals surface area contributed by atoms with Crippen molar-refractivity contribution in [2.24, 2.45) is 0 Å². The number of epoxide rings is 2. The van der Waals surface area contributed by atoms with Crippen molar-refractivity contribution < 1.29 is 28.5 Å². The summed E-state index contributed by atoms with van der Waals surface area (Å²) < 4.78 is 20.6. The van der Waals surface area contributed by atoms with Gasteiger partial charge >= 0.3 is 11.9 Å². The molecule has 0 bridgehead atoms. The minimum absolute atomic E-state index is 0.00485. The maximum Gasteiger partial charge on any atom is 0.338 e. The van der Waals surface area contributed by atoms with Crippen molar-refractivity contribution in [1.82, 2.24) is 0 Å². The molecule has 0 radical (unpaired) electrons. The van der Waals surface area contributed by atoms with Gasteiger partial charge in [0.1, 0.15) is 25.4 Å². The van der Waals surface area contributed by atoms with Gasteiger partial charge in [0, 0.05) is 0 Å². The number of carbonyl (C=O) groups is 2. The van der Waals surface area contributed by atoms with Crippen LogP contribution in [0.4, 0.5) is 0 Å². The second kappa shape index (κ2) is 6.06. The van der Waals surface area contributed by atoms with Gasteiger partial charge in [-0.3, -0.25) is 0 Å². The van der Waals surface area contributed by atoms with Crippen molar-refractivity contribution in [3.8, 4) is 0 Å². The number of ether oxygens (including phenoxy) is 4. The van der Waals surface area contributed by atoms with Gasteiger partial charge in [-0.25, -0.2) is 9.59 Å². The van der Waals surface area contributed by atoms with Crippen molar-refractivity contribution in [2.45, 2.75) is 38.3 Å². The van der Waals surface area contributed by atoms with Gasteiger partial charge in [0.15, 0.2) is 0 Å². The summed E-state index contributed by atoms with van der Waals surface area (Å²) in [7, 11) is 0. The predicted molar refractivity (Wildman–Crippen MR) is 75.7 cm³/mol. The summed E-state index contributed by atoms with van der Waals surface area (Å²) in [5.74, 6) is -0.856. The number of hydrogen-bond acceptors (Lipinski definition) is 6. The molecule has 0 aromatic heterocycles. The highest BCUT2D eigenvalue weighted by atomic mass is 16.6. The van der Waals surface area contributed by atoms with Crippen LogP contribution in [0.25, 0.3) is 0 Å². The lowest BCUT2D eigenvalue weighted by Crippen LogP contribution is -2.13. The third-order valence-electron chi connectivity index (χ3n) is 3.79. The van der Waals surface area contributed by atoms with Crippen LogP contribution in [0.2, 0.25) is 0 Å². The van der Waals surface area contributed by atoms with E-state index in [-0.39, 0.29) is 37.6 Å². The van der Waals surface area contributed by atoms with E-state index in [0.29, 0.717) is 11.1 Å². The van der Waals surface area contributed by atoms with Crippen LogP contribution in [0, 0.1) is 0 Å². The van der Waals surface area contributed by atoms with Crippen molar-refractivity contribution in [1.29, 1.82) is 0 Å². The molecule has 6 nitrogen and oxygen atoms in total. The van der Waals surface area contributed by atoms with E-state index < -0.39 is 11.9 Å². The Hall–Kier alpha value is -1.92. The van der Waals surface area contributed by atoms with Gasteiger partial charge < -0.3 is 18.9 Å². The molecule has 1 aromatic rings. The molecule has 0 N–H and O–H groups in total. The summed E-state index contributed by atoms with van der Waals surface area (Å²) in [6.07, 6.45) is 0.321. The number of rotatable bonds is 6. The molecule has 2 fully saturated rings. The third kappa shape index (κ3) is 3.64. The third-order valence-corrected chi connectivity index (χ3v) is 3.79. The van der Waals surface area contributed by atoms with Gasteiger partial charge in [-0.15, -0.1) is 0 Å². The molecular formula is C16H18O6.